The summed E-state index contributed by atoms with van der Waals surface area (Å²) >= 11 is 0. The third-order valence-corrected chi connectivity index (χ3v) is 23.1. The molecule has 3 fully saturated rings. The van der Waals surface area contributed by atoms with Crippen molar-refractivity contribution in [3.63, 3.8) is 0 Å². The number of amides is 2. The molecule has 18 unspecified atom stereocenters. The van der Waals surface area contributed by atoms with E-state index in [2.05, 4.69) is 36.6 Å². The van der Waals surface area contributed by atoms with E-state index in [1.54, 1.807) is 6.08 Å². The molecule has 0 bridgehead atoms. The summed E-state index contributed by atoms with van der Waals surface area (Å²) in [7, 11) is 0. The van der Waals surface area contributed by atoms with Crippen LogP contribution in [0.3, 0.4) is 0 Å². The van der Waals surface area contributed by atoms with Gasteiger partial charge in [-0.1, -0.05) is 346 Å². The fourth-order valence-corrected chi connectivity index (χ4v) is 15.9. The number of ether oxygens (including phenoxy) is 6. The van der Waals surface area contributed by atoms with Gasteiger partial charge in [0.25, 0.3) is 5.79 Å². The zero-order chi connectivity index (χ0) is 81.7. The first-order chi connectivity index (χ1) is 54.4. The van der Waals surface area contributed by atoms with E-state index in [0.29, 0.717) is 12.8 Å². The van der Waals surface area contributed by atoms with Crippen LogP contribution in [0.2, 0.25) is 0 Å². The number of hydrogen-bond acceptors (Lipinski definition) is 20. The molecule has 23 nitrogen and oxygen atoms in total. The molecule has 3 heterocycles. The number of aliphatic hydroxyl groups is 11. The van der Waals surface area contributed by atoms with Gasteiger partial charge < -0.3 is 100 Å². The Bertz CT molecular complexity index is 2310. The molecule has 14 N–H and O–H groups in total. The van der Waals surface area contributed by atoms with E-state index in [-0.39, 0.29) is 12.3 Å². The number of carboxylic acids is 1. The third kappa shape index (κ3) is 45.4. The molecule has 3 aliphatic rings. The highest BCUT2D eigenvalue weighted by molar-refractivity contribution is 5.77. The average molecular weight is 1600 g/mol. The first-order valence-electron chi connectivity index (χ1n) is 45.7. The predicted octanol–water partition coefficient (Wildman–Crippen LogP) is 14.6. The molecule has 0 aromatic carbocycles. The molecule has 0 aromatic heterocycles. The Morgan fingerprint density at radius 3 is 1.21 bits per heavy atom. The van der Waals surface area contributed by atoms with Crippen LogP contribution in [0.15, 0.2) is 24.3 Å². The van der Waals surface area contributed by atoms with E-state index in [0.717, 1.165) is 51.9 Å². The normalized spacial score (nSPS) is 25.4. The molecule has 2 amide bonds. The number of allylic oxidation sites excluding steroid dienone is 3. The molecule has 0 spiro atoms. The highest BCUT2D eigenvalue weighted by atomic mass is 16.8. The minimum Gasteiger partial charge on any atom is -0.477 e. The van der Waals surface area contributed by atoms with E-state index >= 15 is 0 Å². The summed E-state index contributed by atoms with van der Waals surface area (Å²) in [6, 6.07) is -2.62. The van der Waals surface area contributed by atoms with E-state index in [9.17, 15) is 75.7 Å². The topological polar surface area (TPSA) is 373 Å². The van der Waals surface area contributed by atoms with E-state index in [1.807, 2.05) is 6.08 Å². The summed E-state index contributed by atoms with van der Waals surface area (Å²) in [5, 5.41) is 137. The van der Waals surface area contributed by atoms with Gasteiger partial charge in [0.15, 0.2) is 12.6 Å². The molecular formula is C89H166N2O21. The van der Waals surface area contributed by atoms with Gasteiger partial charge in [0.2, 0.25) is 11.8 Å². The van der Waals surface area contributed by atoms with Crippen LogP contribution in [-0.4, -0.2) is 215 Å². The van der Waals surface area contributed by atoms with Crippen molar-refractivity contribution in [2.45, 2.75) is 497 Å². The van der Waals surface area contributed by atoms with Crippen LogP contribution in [0.4, 0.5) is 0 Å². The maximum absolute atomic E-state index is 13.6. The van der Waals surface area contributed by atoms with Crippen LogP contribution in [0.1, 0.15) is 387 Å². The molecule has 0 aromatic rings. The fraction of sp³-hybridized carbons (Fsp3) is 0.921. The summed E-state index contributed by atoms with van der Waals surface area (Å²) in [6.07, 6.45) is 49.4. The largest absolute Gasteiger partial charge is 0.477 e. The van der Waals surface area contributed by atoms with Crippen LogP contribution in [0.25, 0.3) is 0 Å². The Labute approximate surface area is 676 Å². The summed E-state index contributed by atoms with van der Waals surface area (Å²) in [4.78, 5) is 38.8. The van der Waals surface area contributed by atoms with Gasteiger partial charge in [0.1, 0.15) is 67.1 Å². The lowest BCUT2D eigenvalue weighted by molar-refractivity contribution is -0.386. The summed E-state index contributed by atoms with van der Waals surface area (Å²) in [5.74, 6) is -6.13. The number of hydrogen-bond donors (Lipinski definition) is 14. The molecule has 3 rings (SSSR count). The van der Waals surface area contributed by atoms with Crippen LogP contribution in [0, 0.1) is 0 Å². The zero-order valence-corrected chi connectivity index (χ0v) is 70.3. The number of carboxylic acid groups (broad SMARTS) is 1. The van der Waals surface area contributed by atoms with Gasteiger partial charge in [-0.05, 0) is 44.9 Å². The number of aliphatic hydroxyl groups excluding tert-OH is 11. The number of rotatable bonds is 74. The Morgan fingerprint density at radius 2 is 0.839 bits per heavy atom. The van der Waals surface area contributed by atoms with Crippen molar-refractivity contribution in [3.8, 4) is 0 Å². The molecule has 23 heteroatoms. The van der Waals surface area contributed by atoms with Crippen molar-refractivity contribution in [1.82, 2.24) is 10.6 Å². The second kappa shape index (κ2) is 67.0. The van der Waals surface area contributed by atoms with Gasteiger partial charge in [0.05, 0.1) is 50.7 Å². The molecule has 3 aliphatic heterocycles. The third-order valence-electron chi connectivity index (χ3n) is 23.1. The first-order valence-corrected chi connectivity index (χ1v) is 45.7. The molecule has 112 heavy (non-hydrogen) atoms. The Balaban J connectivity index is 1.45. The highest BCUT2D eigenvalue weighted by Crippen LogP contribution is 2.39. The Morgan fingerprint density at radius 1 is 0.464 bits per heavy atom. The predicted molar refractivity (Wildman–Crippen MR) is 440 cm³/mol. The lowest BCUT2D eigenvalue weighted by Crippen LogP contribution is -2.70. The monoisotopic (exact) mass is 1600 g/mol. The van der Waals surface area contributed by atoms with Crippen molar-refractivity contribution < 1.29 is 104 Å². The molecule has 3 saturated heterocycles. The molecule has 658 valence electrons. The molecule has 0 radical (unpaired) electrons. The number of aliphatic carboxylic acids is 1. The minimum absolute atomic E-state index is 0.204. The Hall–Kier alpha value is -2.79. The number of nitrogens with one attached hydrogen (secondary N) is 2. The van der Waals surface area contributed by atoms with Crippen molar-refractivity contribution in [1.29, 1.82) is 0 Å². The van der Waals surface area contributed by atoms with E-state index in [1.165, 1.54) is 295 Å². The highest BCUT2D eigenvalue weighted by Gasteiger charge is 2.60. The Kier molecular flexibility index (Phi) is 61.9. The van der Waals surface area contributed by atoms with Crippen LogP contribution >= 0.6 is 0 Å². The SMILES string of the molecule is CCCCCCCCCCCCCC/C=C\CCCCCCCCCCCCCCCCCCCC(=O)NC(COC1OC(CO)C(OC2OC(CO)C(O)C(OC3(C(=O)O)CC(O)C(NC(C)=O)C(C(O)C(O)CO)O3)C2O)C(O)C1O)C(O)/C=C/CCCCCCCCCCCCCCCCCCCCCCCCC. The van der Waals surface area contributed by atoms with Gasteiger partial charge in [0, 0.05) is 19.8 Å². The second-order valence-corrected chi connectivity index (χ2v) is 33.2. The van der Waals surface area contributed by atoms with Crippen molar-refractivity contribution in [2.75, 3.05) is 26.4 Å². The number of carbonyl (C=O) groups excluding carboxylic acids is 2. The quantitative estimate of drug-likeness (QED) is 0.0199. The van der Waals surface area contributed by atoms with Crippen molar-refractivity contribution in [3.05, 3.63) is 24.3 Å². The lowest BCUT2D eigenvalue weighted by atomic mass is 9.88. The van der Waals surface area contributed by atoms with Gasteiger partial charge in [-0.2, -0.15) is 0 Å². The second-order valence-electron chi connectivity index (χ2n) is 33.2. The zero-order valence-electron chi connectivity index (χ0n) is 70.3. The van der Waals surface area contributed by atoms with Gasteiger partial charge in [-0.15, -0.1) is 0 Å². The van der Waals surface area contributed by atoms with Crippen LogP contribution in [-0.2, 0) is 42.8 Å². The smallest absolute Gasteiger partial charge is 0.364 e. The maximum atomic E-state index is 13.6. The minimum atomic E-state index is -3.08. The first kappa shape index (κ1) is 103. The van der Waals surface area contributed by atoms with Crippen molar-refractivity contribution in [2.24, 2.45) is 0 Å². The molecule has 0 saturated carbocycles. The van der Waals surface area contributed by atoms with Crippen LogP contribution < -0.4 is 10.6 Å². The summed E-state index contributed by atoms with van der Waals surface area (Å²) in [6.45, 7) is 2.22. The molecule has 0 aliphatic carbocycles. The molecular weight excluding hydrogens is 1430 g/mol. The maximum Gasteiger partial charge on any atom is 0.364 e. The van der Waals surface area contributed by atoms with Crippen molar-refractivity contribution >= 4 is 17.8 Å². The van der Waals surface area contributed by atoms with Gasteiger partial charge in [-0.3, -0.25) is 9.59 Å². The van der Waals surface area contributed by atoms with Gasteiger partial charge >= 0.3 is 5.97 Å². The van der Waals surface area contributed by atoms with E-state index in [4.69, 9.17) is 28.4 Å². The van der Waals surface area contributed by atoms with E-state index < -0.39 is 155 Å². The fourth-order valence-electron chi connectivity index (χ4n) is 15.9. The summed E-state index contributed by atoms with van der Waals surface area (Å²) in [5.41, 5.74) is 0. The summed E-state index contributed by atoms with van der Waals surface area (Å²) < 4.78 is 35.0. The lowest BCUT2D eigenvalue weighted by Gasteiger charge is -2.50. The molecule has 18 atom stereocenters. The van der Waals surface area contributed by atoms with Gasteiger partial charge in [-0.25, -0.2) is 4.79 Å². The standard InChI is InChI=1S/C89H166N2O21/c1-4-6-8-10-12-14-16-18-20-22-24-26-28-30-31-32-33-34-35-36-37-39-41-43-45-47-49-51-53-55-57-59-61-63-76(99)91-70(71(96)62-60-58-56-54-52-50-48-46-44-42-40-38-29-27-25-23-21-19-17-15-13-11-9-7-5-2)68-107-86-81(103)80(102)83(75(67-94)109-86)110-87-82(104)85(79(101)74(66-93)108-87)112-89(88(105)106)64-72(97)77(90-69(3)95)84(111-89)78(100)73(98)65-92/h30-31,60,62,70-75,77-87,92-94,96-98,100-104H,4-29,32-59,61,63-68H2,1-3H3,(H,90,95)(H,91,99)(H,105,106)/b31-30-,62-60+. The number of unbranched alkanes of at least 4 members (excludes halogenated alkanes) is 52. The average Bonchev–Trinajstić information content (AvgIpc) is 0.755. The van der Waals surface area contributed by atoms with Crippen LogP contribution in [0.5, 0.6) is 0 Å². The number of carbonyl (C=O) groups is 3.